The van der Waals surface area contributed by atoms with E-state index in [1.165, 1.54) is 11.0 Å². The van der Waals surface area contributed by atoms with Crippen LogP contribution in [0.4, 0.5) is 8.78 Å². The molecule has 11 heteroatoms. The maximum atomic E-state index is 14.9. The number of ether oxygens (including phenoxy) is 1. The molecule has 40 heavy (non-hydrogen) atoms. The van der Waals surface area contributed by atoms with Gasteiger partial charge in [0.25, 0.3) is 0 Å². The highest BCUT2D eigenvalue weighted by molar-refractivity contribution is 5.89. The average Bonchev–Trinajstić information content (AvgIpc) is 3.58. The number of amides is 2. The molecule has 3 aliphatic rings. The van der Waals surface area contributed by atoms with Gasteiger partial charge in [0.15, 0.2) is 0 Å². The van der Waals surface area contributed by atoms with Crippen LogP contribution in [0.25, 0.3) is 0 Å². The highest BCUT2D eigenvalue weighted by atomic mass is 19.1. The van der Waals surface area contributed by atoms with Crippen molar-refractivity contribution in [2.24, 2.45) is 0 Å². The molecule has 3 atom stereocenters. The van der Waals surface area contributed by atoms with Gasteiger partial charge in [0.2, 0.25) is 11.8 Å². The van der Waals surface area contributed by atoms with E-state index < -0.39 is 24.2 Å². The van der Waals surface area contributed by atoms with Crippen LogP contribution in [-0.2, 0) is 14.3 Å². The molecule has 0 unspecified atom stereocenters. The van der Waals surface area contributed by atoms with Crippen LogP contribution < -0.4 is 21.7 Å². The lowest BCUT2D eigenvalue weighted by Gasteiger charge is -2.30. The number of likely N-dealkylation sites (tertiary alicyclic amines) is 1. The number of halogens is 2. The SMILES string of the molecule is CC(C)c1ccc([C@@H](NC(=O)[C@@H]2C[C@@H](F)CN2C(=O)CC2=C(N3CCOCC3)NNN2)c2ccccc2)cc1F. The normalized spacial score (nSPS) is 21.8. The predicted octanol–water partition coefficient (Wildman–Crippen LogP) is 2.60. The monoisotopic (exact) mass is 554 g/mol. The Morgan fingerprint density at radius 3 is 2.52 bits per heavy atom. The maximum Gasteiger partial charge on any atom is 0.243 e. The van der Waals surface area contributed by atoms with Gasteiger partial charge in [0.1, 0.15) is 23.9 Å². The molecular weight excluding hydrogens is 518 g/mol. The van der Waals surface area contributed by atoms with E-state index in [0.717, 1.165) is 11.4 Å². The Labute approximate surface area is 232 Å². The van der Waals surface area contributed by atoms with Crippen LogP contribution in [0, 0.1) is 5.82 Å². The molecule has 0 aromatic heterocycles. The first kappa shape index (κ1) is 27.9. The summed E-state index contributed by atoms with van der Waals surface area (Å²) >= 11 is 0. The Morgan fingerprint density at radius 1 is 1.07 bits per heavy atom. The van der Waals surface area contributed by atoms with Crippen LogP contribution in [0.3, 0.4) is 0 Å². The van der Waals surface area contributed by atoms with Crippen molar-refractivity contribution in [3.05, 3.63) is 82.6 Å². The second-order valence-corrected chi connectivity index (χ2v) is 10.7. The van der Waals surface area contributed by atoms with E-state index in [1.807, 2.05) is 44.2 Å². The molecule has 4 N–H and O–H groups in total. The molecule has 214 valence electrons. The van der Waals surface area contributed by atoms with Crippen LogP contribution >= 0.6 is 0 Å². The molecule has 0 spiro atoms. The number of nitrogens with zero attached hydrogens (tertiary/aromatic N) is 2. The van der Waals surface area contributed by atoms with Gasteiger partial charge in [-0.25, -0.2) is 8.78 Å². The molecule has 2 aromatic carbocycles. The third-order valence-electron chi connectivity index (χ3n) is 7.61. The summed E-state index contributed by atoms with van der Waals surface area (Å²) in [4.78, 5) is 30.4. The summed E-state index contributed by atoms with van der Waals surface area (Å²) in [6.07, 6.45) is -1.45. The lowest BCUT2D eigenvalue weighted by atomic mass is 9.94. The second-order valence-electron chi connectivity index (χ2n) is 10.7. The molecule has 5 rings (SSSR count). The third kappa shape index (κ3) is 6.05. The fourth-order valence-electron chi connectivity index (χ4n) is 5.48. The first-order valence-corrected chi connectivity index (χ1v) is 13.7. The quantitative estimate of drug-likeness (QED) is 0.398. The lowest BCUT2D eigenvalue weighted by Crippen LogP contribution is -2.47. The minimum atomic E-state index is -1.32. The first-order chi connectivity index (χ1) is 19.3. The molecule has 0 saturated carbocycles. The van der Waals surface area contributed by atoms with Gasteiger partial charge in [-0.15, -0.1) is 5.53 Å². The Kier molecular flexibility index (Phi) is 8.51. The first-order valence-electron chi connectivity index (χ1n) is 13.7. The second kappa shape index (κ2) is 12.2. The number of hydrazine groups is 2. The van der Waals surface area contributed by atoms with Gasteiger partial charge in [-0.2, -0.15) is 0 Å². The highest BCUT2D eigenvalue weighted by Crippen LogP contribution is 2.29. The Morgan fingerprint density at radius 2 is 1.82 bits per heavy atom. The van der Waals surface area contributed by atoms with Crippen molar-refractivity contribution >= 4 is 11.8 Å². The van der Waals surface area contributed by atoms with Crippen molar-refractivity contribution in [1.29, 1.82) is 0 Å². The van der Waals surface area contributed by atoms with Crippen molar-refractivity contribution in [3.63, 3.8) is 0 Å². The molecule has 3 heterocycles. The number of nitrogens with one attached hydrogen (secondary N) is 4. The van der Waals surface area contributed by atoms with E-state index in [1.54, 1.807) is 12.1 Å². The zero-order valence-electron chi connectivity index (χ0n) is 22.8. The zero-order valence-corrected chi connectivity index (χ0v) is 22.8. The van der Waals surface area contributed by atoms with Crippen LogP contribution in [0.2, 0.25) is 0 Å². The van der Waals surface area contributed by atoms with Crippen LogP contribution in [-0.4, -0.2) is 66.7 Å². The Hall–Kier alpha value is -3.70. The van der Waals surface area contributed by atoms with Gasteiger partial charge in [0, 0.05) is 19.5 Å². The summed E-state index contributed by atoms with van der Waals surface area (Å²) in [6.45, 7) is 6.18. The standard InChI is InChI=1S/C29H36F2N6O3/c1-18(2)22-9-8-20(14-23(22)31)27(19-6-4-3-5-7-19)32-29(39)25-15-21(30)17-37(25)26(38)16-24-28(34-35-33-24)36-10-12-40-13-11-36/h3-9,14,18,21,25,27,33-35H,10-13,15-17H2,1-2H3,(H,32,39)/t21-,25+,27+/m1/s1. The molecular formula is C29H36F2N6O3. The average molecular weight is 555 g/mol. The zero-order chi connectivity index (χ0) is 28.2. The van der Waals surface area contributed by atoms with Gasteiger partial charge < -0.3 is 25.3 Å². The molecule has 9 nitrogen and oxygen atoms in total. The van der Waals surface area contributed by atoms with Crippen molar-refractivity contribution in [2.75, 3.05) is 32.8 Å². The number of carbonyl (C=O) groups excluding carboxylic acids is 2. The van der Waals surface area contributed by atoms with Crippen LogP contribution in [0.1, 0.15) is 55.3 Å². The molecule has 3 aliphatic heterocycles. The lowest BCUT2D eigenvalue weighted by molar-refractivity contribution is -0.138. The number of rotatable bonds is 8. The maximum absolute atomic E-state index is 14.9. The summed E-state index contributed by atoms with van der Waals surface area (Å²) in [5.41, 5.74) is 11.4. The smallest absolute Gasteiger partial charge is 0.243 e. The van der Waals surface area contributed by atoms with E-state index in [9.17, 15) is 18.4 Å². The number of alkyl halides is 1. The minimum Gasteiger partial charge on any atom is -0.378 e. The number of morpholine rings is 1. The van der Waals surface area contributed by atoms with Crippen molar-refractivity contribution in [1.82, 2.24) is 31.5 Å². The largest absolute Gasteiger partial charge is 0.378 e. The summed E-state index contributed by atoms with van der Waals surface area (Å²) in [5.74, 6) is -0.433. The Balaban J connectivity index is 1.35. The van der Waals surface area contributed by atoms with E-state index in [-0.39, 0.29) is 37.0 Å². The van der Waals surface area contributed by atoms with E-state index in [0.29, 0.717) is 43.1 Å². The van der Waals surface area contributed by atoms with Gasteiger partial charge >= 0.3 is 0 Å². The van der Waals surface area contributed by atoms with E-state index >= 15 is 0 Å². The molecule has 0 radical (unpaired) electrons. The molecule has 2 fully saturated rings. The van der Waals surface area contributed by atoms with Gasteiger partial charge in [-0.05, 0) is 28.7 Å². The fourth-order valence-corrected chi connectivity index (χ4v) is 5.48. The molecule has 0 bridgehead atoms. The van der Waals surface area contributed by atoms with Crippen LogP contribution in [0.15, 0.2) is 60.0 Å². The summed E-state index contributed by atoms with van der Waals surface area (Å²) < 4.78 is 35.0. The summed E-state index contributed by atoms with van der Waals surface area (Å²) in [7, 11) is 0. The highest BCUT2D eigenvalue weighted by Gasteiger charge is 2.41. The van der Waals surface area contributed by atoms with Gasteiger partial charge in [-0.1, -0.05) is 56.3 Å². The summed E-state index contributed by atoms with van der Waals surface area (Å²) in [5, 5.41) is 2.99. The van der Waals surface area contributed by atoms with E-state index in [2.05, 4.69) is 26.6 Å². The molecule has 0 aliphatic carbocycles. The van der Waals surface area contributed by atoms with Crippen LogP contribution in [0.5, 0.6) is 0 Å². The predicted molar refractivity (Wildman–Crippen MR) is 145 cm³/mol. The number of benzene rings is 2. The number of hydrogen-bond donors (Lipinski definition) is 4. The Bertz CT molecular complexity index is 1250. The number of carbonyl (C=O) groups is 2. The van der Waals surface area contributed by atoms with Gasteiger partial charge in [-0.3, -0.25) is 15.0 Å². The number of hydrogen-bond acceptors (Lipinski definition) is 7. The fraction of sp³-hybridized carbons (Fsp3) is 0.448. The van der Waals surface area contributed by atoms with Crippen molar-refractivity contribution < 1.29 is 23.1 Å². The summed E-state index contributed by atoms with van der Waals surface area (Å²) in [6, 6.07) is 12.6. The van der Waals surface area contributed by atoms with Gasteiger partial charge in [0.05, 0.1) is 37.9 Å². The topological polar surface area (TPSA) is 98.0 Å². The third-order valence-corrected chi connectivity index (χ3v) is 7.61. The van der Waals surface area contributed by atoms with Crippen molar-refractivity contribution in [2.45, 2.75) is 50.9 Å². The van der Waals surface area contributed by atoms with Crippen molar-refractivity contribution in [3.8, 4) is 0 Å². The molecule has 2 aromatic rings. The van der Waals surface area contributed by atoms with E-state index in [4.69, 9.17) is 4.74 Å². The molecule has 2 amide bonds. The molecule has 2 saturated heterocycles. The minimum absolute atomic E-state index is 0.0111.